The van der Waals surface area contributed by atoms with Gasteiger partial charge in [0.1, 0.15) is 18.2 Å². The van der Waals surface area contributed by atoms with Crippen molar-refractivity contribution in [3.05, 3.63) is 47.3 Å². The van der Waals surface area contributed by atoms with Gasteiger partial charge < -0.3 is 10.5 Å². The van der Waals surface area contributed by atoms with Gasteiger partial charge in [-0.3, -0.25) is 4.68 Å². The number of aromatic nitrogens is 2. The van der Waals surface area contributed by atoms with Gasteiger partial charge in [0, 0.05) is 24.9 Å². The van der Waals surface area contributed by atoms with Crippen LogP contribution < -0.4 is 5.73 Å². The maximum absolute atomic E-state index is 13.4. The lowest BCUT2D eigenvalue weighted by Crippen LogP contribution is -2.09. The van der Waals surface area contributed by atoms with Crippen molar-refractivity contribution in [1.82, 2.24) is 9.78 Å². The van der Waals surface area contributed by atoms with Crippen molar-refractivity contribution in [3.8, 4) is 0 Å². The Hall–Kier alpha value is -2.44. The van der Waals surface area contributed by atoms with E-state index in [1.807, 2.05) is 0 Å². The summed E-state index contributed by atoms with van der Waals surface area (Å²) in [6, 6.07) is 1.46. The lowest BCUT2D eigenvalue weighted by molar-refractivity contribution is 0.0467. The molecule has 1 heterocycles. The lowest BCUT2D eigenvalue weighted by Gasteiger charge is -2.06. The summed E-state index contributed by atoms with van der Waals surface area (Å²) >= 11 is 0. The number of halogens is 2. The average molecular weight is 267 g/mol. The van der Waals surface area contributed by atoms with E-state index in [1.165, 1.54) is 6.20 Å². The summed E-state index contributed by atoms with van der Waals surface area (Å²) in [4.78, 5) is 11.6. The summed E-state index contributed by atoms with van der Waals surface area (Å²) in [5.41, 5.74) is 5.22. The Morgan fingerprint density at radius 3 is 2.79 bits per heavy atom. The Kier molecular flexibility index (Phi) is 3.46. The summed E-state index contributed by atoms with van der Waals surface area (Å²) in [7, 11) is 1.71. The molecule has 0 aliphatic carbocycles. The number of benzene rings is 1. The van der Waals surface area contributed by atoms with Crippen LogP contribution in [0.15, 0.2) is 24.5 Å². The van der Waals surface area contributed by atoms with Crippen LogP contribution in [0.25, 0.3) is 0 Å². The van der Waals surface area contributed by atoms with Crippen molar-refractivity contribution in [3.63, 3.8) is 0 Å². The van der Waals surface area contributed by atoms with Crippen molar-refractivity contribution in [2.75, 3.05) is 5.73 Å². The molecular weight excluding hydrogens is 256 g/mol. The number of esters is 1. The van der Waals surface area contributed by atoms with E-state index in [0.29, 0.717) is 11.6 Å². The van der Waals surface area contributed by atoms with Crippen LogP contribution in [0.5, 0.6) is 0 Å². The highest BCUT2D eigenvalue weighted by Gasteiger charge is 2.16. The van der Waals surface area contributed by atoms with Crippen molar-refractivity contribution in [1.29, 1.82) is 0 Å². The van der Waals surface area contributed by atoms with Gasteiger partial charge in [0.25, 0.3) is 0 Å². The maximum Gasteiger partial charge on any atom is 0.341 e. The Bertz CT molecular complexity index is 625. The van der Waals surface area contributed by atoms with E-state index in [1.54, 1.807) is 17.9 Å². The maximum atomic E-state index is 13.4. The second-order valence-electron chi connectivity index (χ2n) is 3.95. The lowest BCUT2D eigenvalue weighted by atomic mass is 10.2. The van der Waals surface area contributed by atoms with Gasteiger partial charge in [-0.05, 0) is 6.07 Å². The van der Waals surface area contributed by atoms with Gasteiger partial charge in [0.05, 0.1) is 17.4 Å². The van der Waals surface area contributed by atoms with E-state index in [0.717, 1.165) is 6.07 Å². The van der Waals surface area contributed by atoms with E-state index in [2.05, 4.69) is 5.10 Å². The first kappa shape index (κ1) is 13.0. The molecule has 0 aliphatic heterocycles. The fourth-order valence-electron chi connectivity index (χ4n) is 1.50. The highest BCUT2D eigenvalue weighted by Crippen LogP contribution is 2.18. The van der Waals surface area contributed by atoms with Gasteiger partial charge in [-0.25, -0.2) is 13.6 Å². The molecule has 0 amide bonds. The zero-order valence-corrected chi connectivity index (χ0v) is 10.1. The summed E-state index contributed by atoms with van der Waals surface area (Å²) in [5, 5.41) is 3.89. The molecule has 5 nitrogen and oxygen atoms in total. The third-order valence-corrected chi connectivity index (χ3v) is 2.43. The van der Waals surface area contributed by atoms with Crippen LogP contribution in [0, 0.1) is 11.6 Å². The fraction of sp³-hybridized carbons (Fsp3) is 0.167. The number of carbonyl (C=O) groups is 1. The Morgan fingerprint density at radius 1 is 1.42 bits per heavy atom. The van der Waals surface area contributed by atoms with Gasteiger partial charge >= 0.3 is 5.97 Å². The number of aryl methyl sites for hydroxylation is 1. The third kappa shape index (κ3) is 2.87. The third-order valence-electron chi connectivity index (χ3n) is 2.43. The number of nitrogens with two attached hydrogens (primary N) is 1. The van der Waals surface area contributed by atoms with Crippen molar-refractivity contribution in [2.45, 2.75) is 6.61 Å². The van der Waals surface area contributed by atoms with E-state index in [4.69, 9.17) is 10.5 Å². The molecule has 2 rings (SSSR count). The molecule has 1 aromatic heterocycles. The molecule has 0 spiro atoms. The van der Waals surface area contributed by atoms with Crippen LogP contribution in [0.2, 0.25) is 0 Å². The summed E-state index contributed by atoms with van der Waals surface area (Å²) in [6.07, 6.45) is 3.17. The predicted molar refractivity (Wildman–Crippen MR) is 63.1 cm³/mol. The van der Waals surface area contributed by atoms with Crippen molar-refractivity contribution < 1.29 is 18.3 Å². The van der Waals surface area contributed by atoms with E-state index in [9.17, 15) is 13.6 Å². The Morgan fingerprint density at radius 2 is 2.16 bits per heavy atom. The van der Waals surface area contributed by atoms with Crippen molar-refractivity contribution in [2.24, 2.45) is 7.05 Å². The van der Waals surface area contributed by atoms with Crippen LogP contribution >= 0.6 is 0 Å². The second kappa shape index (κ2) is 5.05. The molecule has 0 atom stereocenters. The molecule has 0 bridgehead atoms. The molecule has 0 saturated carbocycles. The zero-order chi connectivity index (χ0) is 14.0. The molecule has 1 aromatic carbocycles. The summed E-state index contributed by atoms with van der Waals surface area (Å²) < 4.78 is 32.8. The smallest absolute Gasteiger partial charge is 0.341 e. The molecule has 0 unspecified atom stereocenters. The molecule has 0 saturated heterocycles. The number of ether oxygens (including phenoxy) is 1. The monoisotopic (exact) mass is 267 g/mol. The molecule has 2 N–H and O–H groups in total. The highest BCUT2D eigenvalue weighted by atomic mass is 19.1. The van der Waals surface area contributed by atoms with Gasteiger partial charge in [-0.2, -0.15) is 5.10 Å². The zero-order valence-electron chi connectivity index (χ0n) is 10.1. The predicted octanol–water partition coefficient (Wildman–Crippen LogP) is 1.64. The molecule has 19 heavy (non-hydrogen) atoms. The first-order chi connectivity index (χ1) is 8.97. The van der Waals surface area contributed by atoms with Crippen LogP contribution in [0.4, 0.5) is 14.5 Å². The van der Waals surface area contributed by atoms with Gasteiger partial charge in [-0.15, -0.1) is 0 Å². The molecule has 0 fully saturated rings. The number of anilines is 1. The fourth-order valence-corrected chi connectivity index (χ4v) is 1.50. The first-order valence-corrected chi connectivity index (χ1v) is 5.36. The van der Waals surface area contributed by atoms with E-state index >= 15 is 0 Å². The summed E-state index contributed by atoms with van der Waals surface area (Å²) in [6.45, 7) is -0.0522. The molecule has 0 aliphatic rings. The summed E-state index contributed by atoms with van der Waals surface area (Å²) in [5.74, 6) is -2.84. The highest BCUT2D eigenvalue weighted by molar-refractivity contribution is 5.90. The Balaban J connectivity index is 2.10. The largest absolute Gasteiger partial charge is 0.457 e. The number of carbonyl (C=O) groups excluding carboxylic acids is 1. The molecule has 100 valence electrons. The second-order valence-corrected chi connectivity index (χ2v) is 3.95. The van der Waals surface area contributed by atoms with Crippen LogP contribution in [0.1, 0.15) is 15.9 Å². The molecule has 7 heteroatoms. The molecular formula is C12H11F2N3O2. The minimum atomic E-state index is -1.01. The van der Waals surface area contributed by atoms with Gasteiger partial charge in [0.2, 0.25) is 0 Å². The number of nitrogens with zero attached hydrogens (tertiary/aromatic N) is 2. The number of nitrogen functional groups attached to an aromatic ring is 1. The van der Waals surface area contributed by atoms with E-state index < -0.39 is 23.2 Å². The SMILES string of the molecule is Cn1cc(COC(=O)c2cc(N)c(F)cc2F)cn1. The standard InChI is InChI=1S/C12H11F2N3O2/c1-17-5-7(4-16-17)6-19-12(18)8-2-11(15)10(14)3-9(8)13/h2-5H,6,15H2,1H3. The average Bonchev–Trinajstić information content (AvgIpc) is 2.77. The number of hydrogen-bond donors (Lipinski definition) is 1. The van der Waals surface area contributed by atoms with Gasteiger partial charge in [-0.1, -0.05) is 0 Å². The number of hydrogen-bond acceptors (Lipinski definition) is 4. The molecule has 2 aromatic rings. The minimum absolute atomic E-state index is 0.0522. The quantitative estimate of drug-likeness (QED) is 0.678. The van der Waals surface area contributed by atoms with Crippen LogP contribution in [0.3, 0.4) is 0 Å². The van der Waals surface area contributed by atoms with Crippen molar-refractivity contribution >= 4 is 11.7 Å². The van der Waals surface area contributed by atoms with Gasteiger partial charge in [0.15, 0.2) is 0 Å². The first-order valence-electron chi connectivity index (χ1n) is 5.36. The van der Waals surface area contributed by atoms with E-state index in [-0.39, 0.29) is 12.3 Å². The van der Waals surface area contributed by atoms with Crippen LogP contribution in [-0.2, 0) is 18.4 Å². The normalized spacial score (nSPS) is 10.5. The minimum Gasteiger partial charge on any atom is -0.457 e. The topological polar surface area (TPSA) is 70.1 Å². The number of rotatable bonds is 3. The molecule has 0 radical (unpaired) electrons. The Labute approximate surface area is 107 Å². The van der Waals surface area contributed by atoms with Crippen LogP contribution in [-0.4, -0.2) is 15.7 Å².